The molecule has 0 aliphatic rings. The molecule has 0 saturated carbocycles. The van der Waals surface area contributed by atoms with Gasteiger partial charge < -0.3 is 24.1 Å². The third-order valence-corrected chi connectivity index (χ3v) is 5.39. The van der Waals surface area contributed by atoms with Crippen LogP contribution in [0.4, 0.5) is 0 Å². The van der Waals surface area contributed by atoms with E-state index in [2.05, 4.69) is 19.1 Å². The van der Waals surface area contributed by atoms with Gasteiger partial charge in [0.05, 0.1) is 0 Å². The molecule has 0 bridgehead atoms. The van der Waals surface area contributed by atoms with Gasteiger partial charge in [-0.1, -0.05) is 35.9 Å². The first-order valence-electron chi connectivity index (χ1n) is 6.46. The first kappa shape index (κ1) is 21.5. The molecule has 5 nitrogen and oxygen atoms in total. The first-order valence-corrected chi connectivity index (χ1v) is 8.39. The van der Waals surface area contributed by atoms with Crippen LogP contribution in [0.15, 0.2) is 30.3 Å². The van der Waals surface area contributed by atoms with Crippen molar-refractivity contribution >= 4 is 8.80 Å². The number of aliphatic hydroxyl groups is 1. The molecule has 6 heteroatoms. The van der Waals surface area contributed by atoms with E-state index < -0.39 is 8.80 Å². The average molecular weight is 303 g/mol. The molecular weight excluding hydrogens is 274 g/mol. The topological polar surface area (TPSA) is 73.9 Å². The maximum absolute atomic E-state index is 7.00. The molecular formula is C14H29NO4Si. The summed E-state index contributed by atoms with van der Waals surface area (Å²) in [6, 6.07) is 11.0. The third kappa shape index (κ3) is 10.1. The van der Waals surface area contributed by atoms with E-state index in [-0.39, 0.29) is 0 Å². The van der Waals surface area contributed by atoms with Crippen molar-refractivity contribution in [3.8, 4) is 0 Å². The Kier molecular flexibility index (Phi) is 15.8. The van der Waals surface area contributed by atoms with Gasteiger partial charge in [-0.15, -0.1) is 0 Å². The van der Waals surface area contributed by atoms with Gasteiger partial charge in [0.2, 0.25) is 0 Å². The summed E-state index contributed by atoms with van der Waals surface area (Å²) in [5.74, 6) is 0. The summed E-state index contributed by atoms with van der Waals surface area (Å²) in [4.78, 5) is 0. The van der Waals surface area contributed by atoms with Crippen LogP contribution in [0.2, 0.25) is 6.04 Å². The van der Waals surface area contributed by atoms with Crippen molar-refractivity contribution in [3.05, 3.63) is 35.9 Å². The molecule has 0 aliphatic heterocycles. The molecule has 0 saturated heterocycles. The lowest BCUT2D eigenvalue weighted by Crippen LogP contribution is -2.42. The number of nitrogens with two attached hydrogens (primary N) is 1. The second-order valence-corrected chi connectivity index (χ2v) is 6.93. The van der Waals surface area contributed by atoms with Crippen molar-refractivity contribution in [3.63, 3.8) is 0 Å². The van der Waals surface area contributed by atoms with Gasteiger partial charge in [-0.05, 0) is 19.9 Å². The van der Waals surface area contributed by atoms with Gasteiger partial charge in [0, 0.05) is 34.5 Å². The minimum atomic E-state index is -2.32. The van der Waals surface area contributed by atoms with Crippen LogP contribution in [0.1, 0.15) is 12.0 Å². The predicted molar refractivity (Wildman–Crippen MR) is 84.6 cm³/mol. The summed E-state index contributed by atoms with van der Waals surface area (Å²) in [5.41, 5.74) is 6.68. The summed E-state index contributed by atoms with van der Waals surface area (Å²) in [6.07, 6.45) is 0.877. The quantitative estimate of drug-likeness (QED) is 0.784. The minimum absolute atomic E-state index is 0.644. The van der Waals surface area contributed by atoms with Crippen LogP contribution < -0.4 is 5.73 Å². The van der Waals surface area contributed by atoms with Crippen LogP contribution in [-0.4, -0.2) is 48.9 Å². The van der Waals surface area contributed by atoms with Gasteiger partial charge in [-0.25, -0.2) is 0 Å². The molecule has 0 heterocycles. The lowest BCUT2D eigenvalue weighted by Gasteiger charge is -2.23. The van der Waals surface area contributed by atoms with E-state index in [9.17, 15) is 0 Å². The SMILES string of the molecule is CO.CO[Si](CCCN)(OC)OC.Cc1ccccc1. The predicted octanol–water partition coefficient (Wildman–Crippen LogP) is 1.82. The first-order chi connectivity index (χ1) is 9.64. The van der Waals surface area contributed by atoms with Gasteiger partial charge in [0.15, 0.2) is 0 Å². The Balaban J connectivity index is 0. The number of hydrogen-bond donors (Lipinski definition) is 2. The molecule has 0 aliphatic carbocycles. The monoisotopic (exact) mass is 303 g/mol. The molecule has 118 valence electrons. The summed E-state index contributed by atoms with van der Waals surface area (Å²) >= 11 is 0. The fourth-order valence-corrected chi connectivity index (χ4v) is 3.16. The Bertz CT molecular complexity index is 286. The van der Waals surface area contributed by atoms with Crippen LogP contribution in [0.5, 0.6) is 0 Å². The van der Waals surface area contributed by atoms with Gasteiger partial charge in [-0.2, -0.15) is 0 Å². The Morgan fingerprint density at radius 2 is 1.45 bits per heavy atom. The van der Waals surface area contributed by atoms with Crippen molar-refractivity contribution in [2.24, 2.45) is 5.73 Å². The van der Waals surface area contributed by atoms with E-state index in [1.807, 2.05) is 18.2 Å². The summed E-state index contributed by atoms with van der Waals surface area (Å²) in [6.45, 7) is 2.73. The van der Waals surface area contributed by atoms with E-state index >= 15 is 0 Å². The van der Waals surface area contributed by atoms with Crippen molar-refractivity contribution in [1.82, 2.24) is 0 Å². The van der Waals surface area contributed by atoms with Crippen LogP contribution in [0.25, 0.3) is 0 Å². The summed E-state index contributed by atoms with van der Waals surface area (Å²) < 4.78 is 15.5. The van der Waals surface area contributed by atoms with Crippen molar-refractivity contribution in [2.75, 3.05) is 35.0 Å². The van der Waals surface area contributed by atoms with E-state index in [1.165, 1.54) is 5.56 Å². The number of aliphatic hydroxyl groups excluding tert-OH is 1. The van der Waals surface area contributed by atoms with Gasteiger partial charge >= 0.3 is 8.80 Å². The molecule has 0 radical (unpaired) electrons. The van der Waals surface area contributed by atoms with Gasteiger partial charge in [0.25, 0.3) is 0 Å². The van der Waals surface area contributed by atoms with Crippen LogP contribution >= 0.6 is 0 Å². The number of aryl methyl sites for hydroxylation is 1. The lowest BCUT2D eigenvalue weighted by atomic mass is 10.2. The molecule has 1 aromatic rings. The highest BCUT2D eigenvalue weighted by molar-refractivity contribution is 6.60. The summed E-state index contributed by atoms with van der Waals surface area (Å²) in [7, 11) is 3.50. The van der Waals surface area contributed by atoms with Crippen LogP contribution in [-0.2, 0) is 13.3 Å². The molecule has 0 unspecified atom stereocenters. The van der Waals surface area contributed by atoms with E-state index in [0.29, 0.717) is 6.54 Å². The second kappa shape index (κ2) is 14.6. The molecule has 0 amide bonds. The Hall–Kier alpha value is -0.763. The molecule has 0 atom stereocenters. The van der Waals surface area contributed by atoms with E-state index in [4.69, 9.17) is 24.1 Å². The Labute approximate surface area is 124 Å². The third-order valence-electron chi connectivity index (χ3n) is 2.56. The van der Waals surface area contributed by atoms with Gasteiger partial charge in [-0.3, -0.25) is 0 Å². The molecule has 3 N–H and O–H groups in total. The standard InChI is InChI=1S/C7H8.C6H17NO3Si.CH4O/c1-7-5-3-2-4-6-7;1-8-11(9-2,10-3)6-4-5-7;1-2/h2-6H,1H3;4-7H2,1-3H3;2H,1H3. The molecule has 20 heavy (non-hydrogen) atoms. The van der Waals surface area contributed by atoms with E-state index in [0.717, 1.165) is 19.6 Å². The Morgan fingerprint density at radius 3 is 1.70 bits per heavy atom. The number of hydrogen-bond acceptors (Lipinski definition) is 5. The smallest absolute Gasteiger partial charge is 0.400 e. The van der Waals surface area contributed by atoms with Crippen molar-refractivity contribution in [2.45, 2.75) is 19.4 Å². The Morgan fingerprint density at radius 1 is 1.00 bits per heavy atom. The molecule has 0 spiro atoms. The zero-order valence-corrected chi connectivity index (χ0v) is 14.3. The zero-order chi connectivity index (χ0) is 15.9. The van der Waals surface area contributed by atoms with Crippen molar-refractivity contribution in [1.29, 1.82) is 0 Å². The zero-order valence-electron chi connectivity index (χ0n) is 13.3. The summed E-state index contributed by atoms with van der Waals surface area (Å²) in [5, 5.41) is 7.00. The van der Waals surface area contributed by atoms with E-state index in [1.54, 1.807) is 21.3 Å². The second-order valence-electron chi connectivity index (χ2n) is 3.84. The minimum Gasteiger partial charge on any atom is -0.400 e. The maximum atomic E-state index is 7.00. The van der Waals surface area contributed by atoms with Crippen LogP contribution in [0, 0.1) is 6.92 Å². The average Bonchev–Trinajstić information content (AvgIpc) is 2.53. The molecule has 0 aromatic heterocycles. The fraction of sp³-hybridized carbons (Fsp3) is 0.571. The van der Waals surface area contributed by atoms with Crippen LogP contribution in [0.3, 0.4) is 0 Å². The number of rotatable bonds is 6. The molecule has 1 rings (SSSR count). The maximum Gasteiger partial charge on any atom is 0.500 e. The molecule has 0 fully saturated rings. The van der Waals surface area contributed by atoms with Crippen molar-refractivity contribution < 1.29 is 18.4 Å². The lowest BCUT2D eigenvalue weighted by molar-refractivity contribution is 0.123. The highest BCUT2D eigenvalue weighted by Crippen LogP contribution is 2.13. The highest BCUT2D eigenvalue weighted by atomic mass is 28.4. The largest absolute Gasteiger partial charge is 0.500 e. The fourth-order valence-electron chi connectivity index (χ4n) is 1.41. The highest BCUT2D eigenvalue weighted by Gasteiger charge is 2.36. The van der Waals surface area contributed by atoms with Gasteiger partial charge in [0.1, 0.15) is 0 Å². The molecule has 1 aromatic carbocycles. The normalized spacial score (nSPS) is 9.95. The number of benzene rings is 1.